The van der Waals surface area contributed by atoms with E-state index < -0.39 is 18.6 Å². The van der Waals surface area contributed by atoms with E-state index in [2.05, 4.69) is 4.74 Å². The summed E-state index contributed by atoms with van der Waals surface area (Å²) in [6.07, 6.45) is -4.46. The molecule has 5 heteroatoms. The van der Waals surface area contributed by atoms with Gasteiger partial charge in [0.1, 0.15) is 0 Å². The molecule has 0 spiro atoms. The second-order valence-corrected chi connectivity index (χ2v) is 2.46. The highest BCUT2D eigenvalue weighted by Crippen LogP contribution is 2.30. The zero-order valence-corrected chi connectivity index (χ0v) is 7.04. The Hall–Kier alpha value is -0.320. The van der Waals surface area contributed by atoms with Crippen molar-refractivity contribution in [2.45, 2.75) is 38.7 Å². The summed E-state index contributed by atoms with van der Waals surface area (Å²) < 4.78 is 52.7. The monoisotopic (exact) mass is 188 g/mol. The molecule has 0 heterocycles. The lowest BCUT2D eigenvalue weighted by Gasteiger charge is -2.26. The quantitative estimate of drug-likeness (QED) is 0.602. The van der Waals surface area contributed by atoms with Crippen LogP contribution in [0.15, 0.2) is 0 Å². The van der Waals surface area contributed by atoms with Gasteiger partial charge in [0.15, 0.2) is 6.67 Å². The second-order valence-electron chi connectivity index (χ2n) is 2.46. The summed E-state index contributed by atoms with van der Waals surface area (Å²) in [5, 5.41) is 0. The zero-order valence-electron chi connectivity index (χ0n) is 7.04. The van der Waals surface area contributed by atoms with Crippen LogP contribution in [0.4, 0.5) is 17.6 Å². The Bertz CT molecular complexity index is 133. The van der Waals surface area contributed by atoms with Crippen LogP contribution >= 0.6 is 0 Å². The first-order valence-corrected chi connectivity index (χ1v) is 3.72. The number of hydrogen-bond acceptors (Lipinski definition) is 1. The van der Waals surface area contributed by atoms with Gasteiger partial charge in [0.05, 0.1) is 0 Å². The number of alkyl halides is 4. The Morgan fingerprint density at radius 1 is 1.08 bits per heavy atom. The van der Waals surface area contributed by atoms with Gasteiger partial charge < -0.3 is 0 Å². The highest BCUT2D eigenvalue weighted by Gasteiger charge is 2.41. The molecule has 0 saturated carbocycles. The number of rotatable bonds is 5. The predicted octanol–water partition coefficient (Wildman–Crippen LogP) is 3.05. The van der Waals surface area contributed by atoms with Crippen LogP contribution in [0.3, 0.4) is 0 Å². The van der Waals surface area contributed by atoms with E-state index in [1.165, 1.54) is 13.8 Å². The molecular weight excluding hydrogens is 176 g/mol. The van der Waals surface area contributed by atoms with Crippen molar-refractivity contribution in [2.75, 3.05) is 6.67 Å². The molecule has 0 aliphatic carbocycles. The predicted molar refractivity (Wildman–Crippen MR) is 36.4 cm³/mol. The average Bonchev–Trinajstić information content (AvgIpc) is 2.04. The molecule has 0 bridgehead atoms. The van der Waals surface area contributed by atoms with Crippen molar-refractivity contribution >= 4 is 0 Å². The Morgan fingerprint density at radius 3 is 1.75 bits per heavy atom. The Kier molecular flexibility index (Phi) is 3.96. The summed E-state index contributed by atoms with van der Waals surface area (Å²) in [6.45, 7) is 0.717. The summed E-state index contributed by atoms with van der Waals surface area (Å²) in [5.41, 5.74) is 0. The highest BCUT2D eigenvalue weighted by molar-refractivity contribution is 4.66. The molecule has 0 radical (unpaired) electrons. The van der Waals surface area contributed by atoms with Crippen molar-refractivity contribution in [2.24, 2.45) is 0 Å². The fraction of sp³-hybridized carbons (Fsp3) is 1.00. The molecule has 12 heavy (non-hydrogen) atoms. The Balaban J connectivity index is 4.20. The maximum absolute atomic E-state index is 13.1. The van der Waals surface area contributed by atoms with Crippen LogP contribution in [-0.2, 0) is 4.74 Å². The van der Waals surface area contributed by atoms with Gasteiger partial charge in [-0.05, 0) is 0 Å². The minimum atomic E-state index is -4.01. The first kappa shape index (κ1) is 11.7. The molecule has 74 valence electrons. The molecule has 0 atom stereocenters. The third kappa shape index (κ3) is 3.38. The third-order valence-corrected chi connectivity index (χ3v) is 1.54. The number of halogens is 4. The normalized spacial score (nSPS) is 13.5. The van der Waals surface area contributed by atoms with Gasteiger partial charge in [-0.25, -0.2) is 8.78 Å². The first-order chi connectivity index (χ1) is 5.39. The SMILES string of the molecule is CCC(F)(CC)OC(F)(F)CF. The van der Waals surface area contributed by atoms with Crippen LogP contribution in [-0.4, -0.2) is 18.6 Å². The highest BCUT2D eigenvalue weighted by atomic mass is 19.3. The van der Waals surface area contributed by atoms with Gasteiger partial charge in [0, 0.05) is 12.8 Å². The van der Waals surface area contributed by atoms with Gasteiger partial charge in [0.25, 0.3) is 0 Å². The van der Waals surface area contributed by atoms with Crippen molar-refractivity contribution in [1.29, 1.82) is 0 Å². The van der Waals surface area contributed by atoms with E-state index in [1.54, 1.807) is 0 Å². The van der Waals surface area contributed by atoms with Crippen molar-refractivity contribution in [3.63, 3.8) is 0 Å². The minimum absolute atomic E-state index is 0.223. The van der Waals surface area contributed by atoms with Crippen LogP contribution in [0.2, 0.25) is 0 Å². The molecule has 1 nitrogen and oxygen atoms in total. The van der Waals surface area contributed by atoms with Crippen LogP contribution in [0.5, 0.6) is 0 Å². The molecular formula is C7H12F4O. The summed E-state index contributed by atoms with van der Waals surface area (Å²) in [6, 6.07) is 0. The maximum atomic E-state index is 13.1. The van der Waals surface area contributed by atoms with E-state index in [9.17, 15) is 17.6 Å². The summed E-state index contributed by atoms with van der Waals surface area (Å²) >= 11 is 0. The summed E-state index contributed by atoms with van der Waals surface area (Å²) in [7, 11) is 0. The third-order valence-electron chi connectivity index (χ3n) is 1.54. The van der Waals surface area contributed by atoms with Gasteiger partial charge in [0.2, 0.25) is 5.85 Å². The lowest BCUT2D eigenvalue weighted by Crippen LogP contribution is -2.36. The fourth-order valence-electron chi connectivity index (χ4n) is 0.689. The van der Waals surface area contributed by atoms with E-state index in [0.29, 0.717) is 0 Å². The van der Waals surface area contributed by atoms with Gasteiger partial charge in [-0.15, -0.1) is 0 Å². The van der Waals surface area contributed by atoms with Crippen LogP contribution in [0.25, 0.3) is 0 Å². The standard InChI is InChI=1S/C7H12F4O/c1-3-6(9,4-2)12-7(10,11)5-8/h3-5H2,1-2H3. The molecule has 0 aliphatic rings. The average molecular weight is 188 g/mol. The topological polar surface area (TPSA) is 9.23 Å². The van der Waals surface area contributed by atoms with E-state index in [0.717, 1.165) is 0 Å². The molecule has 0 N–H and O–H groups in total. The van der Waals surface area contributed by atoms with Crippen LogP contribution in [0.1, 0.15) is 26.7 Å². The van der Waals surface area contributed by atoms with Crippen molar-refractivity contribution in [3.8, 4) is 0 Å². The van der Waals surface area contributed by atoms with Gasteiger partial charge in [-0.2, -0.15) is 8.78 Å². The summed E-state index contributed by atoms with van der Waals surface area (Å²) in [5.74, 6) is -2.42. The molecule has 0 aromatic heterocycles. The van der Waals surface area contributed by atoms with E-state index in [-0.39, 0.29) is 12.8 Å². The molecule has 0 aliphatic heterocycles. The molecule has 0 fully saturated rings. The van der Waals surface area contributed by atoms with Gasteiger partial charge in [-0.1, -0.05) is 13.8 Å². The largest absolute Gasteiger partial charge is 0.386 e. The minimum Gasteiger partial charge on any atom is -0.281 e. The zero-order chi connectivity index (χ0) is 9.83. The van der Waals surface area contributed by atoms with Gasteiger partial charge >= 0.3 is 6.11 Å². The molecule has 0 amide bonds. The smallest absolute Gasteiger partial charge is 0.281 e. The number of hydrogen-bond donors (Lipinski definition) is 0. The molecule has 0 aromatic carbocycles. The molecule has 0 rings (SSSR count). The van der Waals surface area contributed by atoms with Crippen LogP contribution < -0.4 is 0 Å². The van der Waals surface area contributed by atoms with E-state index in [4.69, 9.17) is 0 Å². The van der Waals surface area contributed by atoms with Gasteiger partial charge in [-0.3, -0.25) is 4.74 Å². The molecule has 0 saturated heterocycles. The fourth-order valence-corrected chi connectivity index (χ4v) is 0.689. The lowest BCUT2D eigenvalue weighted by molar-refractivity contribution is -0.336. The Labute approximate surface area is 68.7 Å². The molecule has 0 unspecified atom stereocenters. The van der Waals surface area contributed by atoms with Crippen LogP contribution in [0, 0.1) is 0 Å². The lowest BCUT2D eigenvalue weighted by atomic mass is 10.2. The second kappa shape index (κ2) is 4.07. The van der Waals surface area contributed by atoms with Crippen molar-refractivity contribution < 1.29 is 22.3 Å². The van der Waals surface area contributed by atoms with E-state index >= 15 is 0 Å². The van der Waals surface area contributed by atoms with Crippen molar-refractivity contribution in [3.05, 3.63) is 0 Å². The molecule has 0 aromatic rings. The van der Waals surface area contributed by atoms with E-state index in [1.807, 2.05) is 0 Å². The Morgan fingerprint density at radius 2 is 1.50 bits per heavy atom. The van der Waals surface area contributed by atoms with Crippen molar-refractivity contribution in [1.82, 2.24) is 0 Å². The maximum Gasteiger partial charge on any atom is 0.386 e. The number of ether oxygens (including phenoxy) is 1. The first-order valence-electron chi connectivity index (χ1n) is 3.72. The summed E-state index contributed by atoms with van der Waals surface area (Å²) in [4.78, 5) is 0.